The number of nitrogens with one attached hydrogen (secondary N) is 1. The molecule has 1 aromatic rings. The maximum absolute atomic E-state index is 9.24. The number of aliphatic hydroxyl groups excluding tert-OH is 1. The van der Waals surface area contributed by atoms with Gasteiger partial charge in [-0.15, -0.1) is 0 Å². The molecule has 1 unspecified atom stereocenters. The van der Waals surface area contributed by atoms with Crippen LogP contribution in [-0.2, 0) is 6.54 Å². The Balaban J connectivity index is 2.66. The van der Waals surface area contributed by atoms with Crippen molar-refractivity contribution in [2.24, 2.45) is 0 Å². The summed E-state index contributed by atoms with van der Waals surface area (Å²) in [7, 11) is 1.63. The molecule has 0 aliphatic carbocycles. The Hall–Kier alpha value is -1.26. The molecule has 0 saturated carbocycles. The number of rotatable bonds is 8. The van der Waals surface area contributed by atoms with Crippen LogP contribution in [0.4, 0.5) is 0 Å². The highest BCUT2D eigenvalue weighted by Crippen LogP contribution is 2.28. The van der Waals surface area contributed by atoms with Crippen LogP contribution in [0.15, 0.2) is 18.2 Å². The predicted molar refractivity (Wildman–Crippen MR) is 76.8 cm³/mol. The standard InChI is InChI=1S/C15H25NO3/c1-11(2)16-10-13-5-6-14(18-4)15(9-13)19-8-7-12(3)17/h5-6,9,11-12,16-17H,7-8,10H2,1-4H3. The van der Waals surface area contributed by atoms with E-state index in [9.17, 15) is 5.11 Å². The van der Waals surface area contributed by atoms with Crippen LogP contribution in [0.25, 0.3) is 0 Å². The lowest BCUT2D eigenvalue weighted by Gasteiger charge is -2.14. The average Bonchev–Trinajstić information content (AvgIpc) is 2.36. The molecule has 1 aromatic carbocycles. The van der Waals surface area contributed by atoms with Gasteiger partial charge in [-0.25, -0.2) is 0 Å². The fourth-order valence-electron chi connectivity index (χ4n) is 1.61. The molecular weight excluding hydrogens is 242 g/mol. The zero-order valence-corrected chi connectivity index (χ0v) is 12.3. The van der Waals surface area contributed by atoms with Crippen molar-refractivity contribution in [2.45, 2.75) is 45.9 Å². The predicted octanol–water partition coefficient (Wildman–Crippen LogP) is 2.34. The Morgan fingerprint density at radius 3 is 2.53 bits per heavy atom. The molecule has 0 bridgehead atoms. The van der Waals surface area contributed by atoms with Crippen molar-refractivity contribution >= 4 is 0 Å². The van der Waals surface area contributed by atoms with Gasteiger partial charge in [-0.1, -0.05) is 19.9 Å². The summed E-state index contributed by atoms with van der Waals surface area (Å²) in [6.07, 6.45) is 0.259. The van der Waals surface area contributed by atoms with Crippen LogP contribution in [0.2, 0.25) is 0 Å². The van der Waals surface area contributed by atoms with Gasteiger partial charge in [-0.05, 0) is 24.6 Å². The van der Waals surface area contributed by atoms with Crippen LogP contribution in [0.1, 0.15) is 32.8 Å². The molecule has 19 heavy (non-hydrogen) atoms. The smallest absolute Gasteiger partial charge is 0.161 e. The van der Waals surface area contributed by atoms with Crippen LogP contribution in [0, 0.1) is 0 Å². The monoisotopic (exact) mass is 267 g/mol. The van der Waals surface area contributed by atoms with Crippen molar-refractivity contribution < 1.29 is 14.6 Å². The first kappa shape index (κ1) is 15.8. The Morgan fingerprint density at radius 2 is 1.95 bits per heavy atom. The van der Waals surface area contributed by atoms with Crippen LogP contribution in [0.3, 0.4) is 0 Å². The molecule has 0 fully saturated rings. The van der Waals surface area contributed by atoms with Gasteiger partial charge < -0.3 is 19.9 Å². The minimum Gasteiger partial charge on any atom is -0.493 e. The second-order valence-electron chi connectivity index (χ2n) is 5.01. The molecule has 1 rings (SSSR count). The lowest BCUT2D eigenvalue weighted by molar-refractivity contribution is 0.154. The molecule has 4 nitrogen and oxygen atoms in total. The summed E-state index contributed by atoms with van der Waals surface area (Å²) in [6, 6.07) is 6.36. The molecular formula is C15H25NO3. The van der Waals surface area contributed by atoms with Crippen LogP contribution in [0.5, 0.6) is 11.5 Å². The minimum atomic E-state index is -0.350. The fraction of sp³-hybridized carbons (Fsp3) is 0.600. The van der Waals surface area contributed by atoms with Gasteiger partial charge in [0.15, 0.2) is 11.5 Å². The second-order valence-corrected chi connectivity index (χ2v) is 5.01. The van der Waals surface area contributed by atoms with Gasteiger partial charge >= 0.3 is 0 Å². The van der Waals surface area contributed by atoms with Gasteiger partial charge in [0.2, 0.25) is 0 Å². The van der Waals surface area contributed by atoms with Crippen molar-refractivity contribution in [1.82, 2.24) is 5.32 Å². The maximum atomic E-state index is 9.24. The Labute approximate surface area is 115 Å². The molecule has 2 N–H and O–H groups in total. The summed E-state index contributed by atoms with van der Waals surface area (Å²) < 4.78 is 10.9. The summed E-state index contributed by atoms with van der Waals surface area (Å²) in [4.78, 5) is 0. The zero-order chi connectivity index (χ0) is 14.3. The number of benzene rings is 1. The number of hydrogen-bond acceptors (Lipinski definition) is 4. The van der Waals surface area contributed by atoms with E-state index >= 15 is 0 Å². The highest BCUT2D eigenvalue weighted by Gasteiger charge is 2.07. The van der Waals surface area contributed by atoms with Crippen molar-refractivity contribution in [1.29, 1.82) is 0 Å². The second kappa shape index (κ2) is 8.02. The Kier molecular flexibility index (Phi) is 6.67. The largest absolute Gasteiger partial charge is 0.493 e. The third-order valence-electron chi connectivity index (χ3n) is 2.74. The van der Waals surface area contributed by atoms with Crippen molar-refractivity contribution in [2.75, 3.05) is 13.7 Å². The molecule has 108 valence electrons. The topological polar surface area (TPSA) is 50.7 Å². The molecule has 0 saturated heterocycles. The Morgan fingerprint density at radius 1 is 1.21 bits per heavy atom. The first-order valence-electron chi connectivity index (χ1n) is 6.74. The SMILES string of the molecule is COc1ccc(CNC(C)C)cc1OCCC(C)O. The molecule has 0 aromatic heterocycles. The van der Waals surface area contributed by atoms with Crippen molar-refractivity contribution in [3.8, 4) is 11.5 Å². The summed E-state index contributed by atoms with van der Waals surface area (Å²) in [5.41, 5.74) is 1.15. The van der Waals surface area contributed by atoms with Crippen molar-refractivity contribution in [3.05, 3.63) is 23.8 Å². The summed E-state index contributed by atoms with van der Waals surface area (Å²) in [5, 5.41) is 12.6. The molecule has 1 atom stereocenters. The summed E-state index contributed by atoms with van der Waals surface area (Å²) >= 11 is 0. The lowest BCUT2D eigenvalue weighted by Crippen LogP contribution is -2.21. The van der Waals surface area contributed by atoms with Gasteiger partial charge in [0, 0.05) is 19.0 Å². The molecule has 0 aliphatic rings. The molecule has 0 aliphatic heterocycles. The third-order valence-corrected chi connectivity index (χ3v) is 2.74. The van der Waals surface area contributed by atoms with Crippen LogP contribution in [-0.4, -0.2) is 31.0 Å². The van der Waals surface area contributed by atoms with Crippen LogP contribution >= 0.6 is 0 Å². The van der Waals surface area contributed by atoms with E-state index in [2.05, 4.69) is 19.2 Å². The van der Waals surface area contributed by atoms with E-state index in [0.717, 1.165) is 23.6 Å². The van der Waals surface area contributed by atoms with Gasteiger partial charge in [0.05, 0.1) is 19.8 Å². The van der Waals surface area contributed by atoms with E-state index in [4.69, 9.17) is 9.47 Å². The summed E-state index contributed by atoms with van der Waals surface area (Å²) in [5.74, 6) is 1.45. The van der Waals surface area contributed by atoms with E-state index in [1.165, 1.54) is 0 Å². The molecule has 0 radical (unpaired) electrons. The summed E-state index contributed by atoms with van der Waals surface area (Å²) in [6.45, 7) is 7.26. The molecule has 0 heterocycles. The van der Waals surface area contributed by atoms with Gasteiger partial charge in [-0.2, -0.15) is 0 Å². The number of methoxy groups -OCH3 is 1. The highest BCUT2D eigenvalue weighted by atomic mass is 16.5. The van der Waals surface area contributed by atoms with E-state index in [-0.39, 0.29) is 6.10 Å². The van der Waals surface area contributed by atoms with Crippen LogP contribution < -0.4 is 14.8 Å². The number of aliphatic hydroxyl groups is 1. The third kappa shape index (κ3) is 5.94. The van der Waals surface area contributed by atoms with Gasteiger partial charge in [0.1, 0.15) is 0 Å². The normalized spacial score (nSPS) is 12.5. The van der Waals surface area contributed by atoms with Gasteiger partial charge in [-0.3, -0.25) is 0 Å². The lowest BCUT2D eigenvalue weighted by atomic mass is 10.2. The van der Waals surface area contributed by atoms with Gasteiger partial charge in [0.25, 0.3) is 0 Å². The number of hydrogen-bond donors (Lipinski definition) is 2. The quantitative estimate of drug-likeness (QED) is 0.759. The molecule has 0 spiro atoms. The van der Waals surface area contributed by atoms with E-state index < -0.39 is 0 Å². The maximum Gasteiger partial charge on any atom is 0.161 e. The zero-order valence-electron chi connectivity index (χ0n) is 12.3. The Bertz CT molecular complexity index is 378. The molecule has 0 amide bonds. The van der Waals surface area contributed by atoms with E-state index in [1.807, 2.05) is 18.2 Å². The minimum absolute atomic E-state index is 0.350. The first-order chi connectivity index (χ1) is 9.02. The van der Waals surface area contributed by atoms with E-state index in [0.29, 0.717) is 19.1 Å². The fourth-order valence-corrected chi connectivity index (χ4v) is 1.61. The van der Waals surface area contributed by atoms with E-state index in [1.54, 1.807) is 14.0 Å². The van der Waals surface area contributed by atoms with Crippen molar-refractivity contribution in [3.63, 3.8) is 0 Å². The first-order valence-corrected chi connectivity index (χ1v) is 6.74. The average molecular weight is 267 g/mol. The molecule has 4 heteroatoms. The highest BCUT2D eigenvalue weighted by molar-refractivity contribution is 5.42. The number of ether oxygens (including phenoxy) is 2.